The van der Waals surface area contributed by atoms with Crippen molar-refractivity contribution in [2.45, 2.75) is 103 Å². The summed E-state index contributed by atoms with van der Waals surface area (Å²) >= 11 is 0. The molecular weight excluding hydrogens is 372 g/mol. The minimum atomic E-state index is -0.294. The highest BCUT2D eigenvalue weighted by Gasteiger charge is 2.68. The minimum absolute atomic E-state index is 0.107. The molecule has 8 unspecified atom stereocenters. The Bertz CT molecular complexity index is 736. The lowest BCUT2D eigenvalue weighted by atomic mass is 9.47. The van der Waals surface area contributed by atoms with E-state index in [9.17, 15) is 5.11 Å². The highest BCUT2D eigenvalue weighted by molar-refractivity contribution is 5.26. The molecule has 6 rings (SSSR count). The summed E-state index contributed by atoms with van der Waals surface area (Å²) < 4.78 is 13.3. The van der Waals surface area contributed by atoms with Crippen LogP contribution in [-0.2, 0) is 9.47 Å². The van der Waals surface area contributed by atoms with Crippen LogP contribution in [0.15, 0.2) is 11.6 Å². The maximum absolute atomic E-state index is 10.3. The average Bonchev–Trinajstić information content (AvgIpc) is 3.16. The van der Waals surface area contributed by atoms with Gasteiger partial charge in [0, 0.05) is 12.3 Å². The molecule has 3 heteroatoms. The molecule has 2 aliphatic heterocycles. The van der Waals surface area contributed by atoms with Crippen molar-refractivity contribution in [2.24, 2.45) is 46.3 Å². The molecule has 2 heterocycles. The van der Waals surface area contributed by atoms with Crippen LogP contribution in [0.2, 0.25) is 0 Å². The van der Waals surface area contributed by atoms with E-state index in [1.807, 2.05) is 0 Å². The van der Waals surface area contributed by atoms with E-state index in [1.165, 1.54) is 38.5 Å². The fourth-order valence-electron chi connectivity index (χ4n) is 9.66. The van der Waals surface area contributed by atoms with Gasteiger partial charge in [-0.3, -0.25) is 0 Å². The van der Waals surface area contributed by atoms with Gasteiger partial charge in [-0.15, -0.1) is 0 Å². The second kappa shape index (κ2) is 6.58. The van der Waals surface area contributed by atoms with Crippen LogP contribution in [-0.4, -0.2) is 29.7 Å². The van der Waals surface area contributed by atoms with E-state index in [2.05, 4.69) is 33.8 Å². The van der Waals surface area contributed by atoms with Crippen LogP contribution >= 0.6 is 0 Å². The summed E-state index contributed by atoms with van der Waals surface area (Å²) in [5.41, 5.74) is 2.31. The van der Waals surface area contributed by atoms with Crippen molar-refractivity contribution in [3.05, 3.63) is 11.6 Å². The molecule has 0 aromatic carbocycles. The first-order chi connectivity index (χ1) is 14.3. The third-order valence-corrected chi connectivity index (χ3v) is 11.3. The van der Waals surface area contributed by atoms with Crippen LogP contribution in [0.3, 0.4) is 0 Å². The van der Waals surface area contributed by atoms with Crippen molar-refractivity contribution in [2.75, 3.05) is 6.61 Å². The van der Waals surface area contributed by atoms with E-state index in [0.717, 1.165) is 43.6 Å². The molecule has 0 aromatic rings. The molecule has 0 bridgehead atoms. The molecule has 0 radical (unpaired) electrons. The average molecular weight is 415 g/mol. The van der Waals surface area contributed by atoms with E-state index < -0.39 is 0 Å². The maximum Gasteiger partial charge on any atom is 0.171 e. The zero-order valence-electron chi connectivity index (χ0n) is 19.5. The Hall–Kier alpha value is -0.380. The second-order valence-corrected chi connectivity index (χ2v) is 12.7. The summed E-state index contributed by atoms with van der Waals surface area (Å²) in [6.45, 7) is 10.8. The van der Waals surface area contributed by atoms with Gasteiger partial charge in [0.1, 0.15) is 0 Å². The Kier molecular flexibility index (Phi) is 4.44. The first kappa shape index (κ1) is 20.2. The van der Waals surface area contributed by atoms with Crippen LogP contribution in [0.25, 0.3) is 0 Å². The van der Waals surface area contributed by atoms with Crippen molar-refractivity contribution in [3.8, 4) is 0 Å². The number of aliphatic hydroxyl groups is 1. The number of ether oxygens (including phenoxy) is 2. The van der Waals surface area contributed by atoms with Gasteiger partial charge in [0.15, 0.2) is 5.79 Å². The van der Waals surface area contributed by atoms with Crippen LogP contribution < -0.4 is 0 Å². The SMILES string of the molecule is CC1CC[C@@]2(OC1)OC1CC3C4CC=C5CC(O)CC[C@@]5(C)C4CC[C@]3(C)C1C2C. The molecule has 168 valence electrons. The Labute approximate surface area is 183 Å². The summed E-state index contributed by atoms with van der Waals surface area (Å²) in [7, 11) is 0. The number of fused-ring (bicyclic) bond motifs is 7. The van der Waals surface area contributed by atoms with Crippen LogP contribution in [0.1, 0.15) is 85.5 Å². The highest BCUT2D eigenvalue weighted by Crippen LogP contribution is 2.70. The Morgan fingerprint density at radius 2 is 1.87 bits per heavy atom. The molecule has 6 aliphatic rings. The van der Waals surface area contributed by atoms with Crippen molar-refractivity contribution >= 4 is 0 Å². The molecule has 2 saturated heterocycles. The monoisotopic (exact) mass is 414 g/mol. The lowest BCUT2D eigenvalue weighted by Gasteiger charge is -2.58. The normalized spacial score (nSPS) is 59.8. The first-order valence-corrected chi connectivity index (χ1v) is 13.0. The number of aliphatic hydroxyl groups excluding tert-OH is 1. The summed E-state index contributed by atoms with van der Waals surface area (Å²) in [6, 6.07) is 0. The first-order valence-electron chi connectivity index (χ1n) is 13.0. The summed E-state index contributed by atoms with van der Waals surface area (Å²) in [5.74, 6) is 3.94. The summed E-state index contributed by atoms with van der Waals surface area (Å²) in [5, 5.41) is 10.3. The topological polar surface area (TPSA) is 38.7 Å². The lowest BCUT2D eigenvalue weighted by molar-refractivity contribution is -0.272. The summed E-state index contributed by atoms with van der Waals surface area (Å²) in [6.07, 6.45) is 13.5. The van der Waals surface area contributed by atoms with Gasteiger partial charge in [-0.2, -0.15) is 0 Å². The third-order valence-electron chi connectivity index (χ3n) is 11.3. The molecule has 11 atom stereocenters. The molecule has 3 nitrogen and oxygen atoms in total. The van der Waals surface area contributed by atoms with Crippen LogP contribution in [0.5, 0.6) is 0 Å². The van der Waals surface area contributed by atoms with Gasteiger partial charge in [0.25, 0.3) is 0 Å². The van der Waals surface area contributed by atoms with Gasteiger partial charge in [-0.05, 0) is 91.8 Å². The molecule has 4 aliphatic carbocycles. The van der Waals surface area contributed by atoms with Crippen molar-refractivity contribution in [1.29, 1.82) is 0 Å². The number of hydrogen-bond donors (Lipinski definition) is 1. The predicted molar refractivity (Wildman–Crippen MR) is 118 cm³/mol. The van der Waals surface area contributed by atoms with Crippen molar-refractivity contribution in [3.63, 3.8) is 0 Å². The molecule has 5 fully saturated rings. The minimum Gasteiger partial charge on any atom is -0.393 e. The largest absolute Gasteiger partial charge is 0.393 e. The summed E-state index contributed by atoms with van der Waals surface area (Å²) in [4.78, 5) is 0. The maximum atomic E-state index is 10.3. The molecule has 3 saturated carbocycles. The van der Waals surface area contributed by atoms with E-state index in [-0.39, 0.29) is 11.9 Å². The van der Waals surface area contributed by atoms with Gasteiger partial charge in [-0.25, -0.2) is 0 Å². The Morgan fingerprint density at radius 1 is 1.03 bits per heavy atom. The van der Waals surface area contributed by atoms with Gasteiger partial charge in [0.05, 0.1) is 18.8 Å². The van der Waals surface area contributed by atoms with Crippen LogP contribution in [0.4, 0.5) is 0 Å². The van der Waals surface area contributed by atoms with Crippen LogP contribution in [0, 0.1) is 46.3 Å². The standard InChI is InChI=1S/C27H42O3/c1-16-7-12-27(29-15-16)17(2)24-23(30-27)14-22-20-6-5-18-13-19(28)8-10-25(18,3)21(20)9-11-26(22,24)4/h5,16-17,19-24,28H,6-15H2,1-4H3/t16?,17?,19?,20?,21?,22?,23?,24?,25-,26+,27-/m1/s1. The number of rotatable bonds is 0. The second-order valence-electron chi connectivity index (χ2n) is 12.7. The van der Waals surface area contributed by atoms with Gasteiger partial charge < -0.3 is 14.6 Å². The highest BCUT2D eigenvalue weighted by atomic mass is 16.7. The van der Waals surface area contributed by atoms with Gasteiger partial charge in [-0.1, -0.05) is 39.3 Å². The van der Waals surface area contributed by atoms with Gasteiger partial charge >= 0.3 is 0 Å². The quantitative estimate of drug-likeness (QED) is 0.516. The molecule has 0 aromatic heterocycles. The van der Waals surface area contributed by atoms with Crippen molar-refractivity contribution in [1.82, 2.24) is 0 Å². The lowest BCUT2D eigenvalue weighted by Crippen LogP contribution is -2.52. The van der Waals surface area contributed by atoms with E-state index in [1.54, 1.807) is 5.57 Å². The molecular formula is C27H42O3. The van der Waals surface area contributed by atoms with E-state index in [0.29, 0.717) is 34.7 Å². The molecule has 1 N–H and O–H groups in total. The Morgan fingerprint density at radius 3 is 2.63 bits per heavy atom. The molecule has 1 spiro atoms. The van der Waals surface area contributed by atoms with E-state index in [4.69, 9.17) is 9.47 Å². The predicted octanol–water partition coefficient (Wildman–Crippen LogP) is 5.71. The van der Waals surface area contributed by atoms with E-state index >= 15 is 0 Å². The van der Waals surface area contributed by atoms with Crippen molar-refractivity contribution < 1.29 is 14.6 Å². The number of hydrogen-bond acceptors (Lipinski definition) is 3. The third kappa shape index (κ3) is 2.55. The number of allylic oxidation sites excluding steroid dienone is 1. The Balaban J connectivity index is 1.28. The molecule has 0 amide bonds. The smallest absolute Gasteiger partial charge is 0.171 e. The molecule has 30 heavy (non-hydrogen) atoms. The fourth-order valence-corrected chi connectivity index (χ4v) is 9.66. The zero-order valence-corrected chi connectivity index (χ0v) is 19.5. The van der Waals surface area contributed by atoms with Gasteiger partial charge in [0.2, 0.25) is 0 Å². The fraction of sp³-hybridized carbons (Fsp3) is 0.926. The zero-order chi connectivity index (χ0) is 20.9.